The SMILES string of the molecule is [2H]c1c([2H])c([2H])c(-c2c([2H])c([2H])c(-c3c4ccccc4c(-c4c(-c5ccccc5)c([2H])c5c(oc6c([2H])c([2H])c([2H])c([2H])c65)c4[2H])c4ccccc34)c([2H])c2[2H])c([2H])c1[2H]. The summed E-state index contributed by atoms with van der Waals surface area (Å²) in [4.78, 5) is 0. The second-order valence-electron chi connectivity index (χ2n) is 10.5. The largest absolute Gasteiger partial charge is 0.456 e. The molecule has 0 N–H and O–H groups in total. The molecule has 0 fully saturated rings. The molecule has 1 heterocycles. The van der Waals surface area contributed by atoms with Gasteiger partial charge in [-0.1, -0.05) is 151 Å². The van der Waals surface area contributed by atoms with E-state index >= 15 is 0 Å². The summed E-state index contributed by atoms with van der Waals surface area (Å²) >= 11 is 0. The van der Waals surface area contributed by atoms with Crippen molar-refractivity contribution in [2.24, 2.45) is 0 Å². The lowest BCUT2D eigenvalue weighted by Gasteiger charge is -2.20. The van der Waals surface area contributed by atoms with Gasteiger partial charge >= 0.3 is 0 Å². The molecule has 0 amide bonds. The first-order chi connectivity index (χ1) is 28.6. The van der Waals surface area contributed by atoms with Crippen LogP contribution in [0.4, 0.5) is 0 Å². The second kappa shape index (κ2) is 10.4. The van der Waals surface area contributed by atoms with E-state index in [1.165, 1.54) is 0 Å². The van der Waals surface area contributed by atoms with Crippen LogP contribution in [-0.2, 0) is 0 Å². The van der Waals surface area contributed by atoms with E-state index in [1.54, 1.807) is 78.9 Å². The molecule has 45 heavy (non-hydrogen) atoms. The predicted octanol–water partition coefficient (Wildman–Crippen LogP) is 12.6. The Bertz CT molecular complexity index is 3260. The van der Waals surface area contributed by atoms with E-state index in [9.17, 15) is 5.48 Å². The average Bonchev–Trinajstić information content (AvgIpc) is 3.67. The van der Waals surface area contributed by atoms with Gasteiger partial charge in [0.15, 0.2) is 0 Å². The lowest BCUT2D eigenvalue weighted by atomic mass is 9.83. The molecule has 0 spiro atoms. The van der Waals surface area contributed by atoms with Crippen molar-refractivity contribution in [1.29, 1.82) is 0 Å². The Morgan fingerprint density at radius 2 is 0.911 bits per heavy atom. The van der Waals surface area contributed by atoms with Gasteiger partial charge < -0.3 is 4.42 Å². The van der Waals surface area contributed by atoms with Crippen molar-refractivity contribution in [3.8, 4) is 44.5 Å². The van der Waals surface area contributed by atoms with Crippen molar-refractivity contribution >= 4 is 43.5 Å². The second-order valence-corrected chi connectivity index (χ2v) is 10.5. The zero-order valence-corrected chi connectivity index (χ0v) is 23.4. The first kappa shape index (κ1) is 14.7. The number of furan rings is 1. The summed E-state index contributed by atoms with van der Waals surface area (Å²) in [6, 6.07) is 15.2. The molecule has 9 rings (SSSR count). The minimum atomic E-state index is -0.678. The topological polar surface area (TPSA) is 13.1 Å². The number of para-hydroxylation sites is 1. The van der Waals surface area contributed by atoms with Gasteiger partial charge in [0.2, 0.25) is 0 Å². The summed E-state index contributed by atoms with van der Waals surface area (Å²) in [5, 5.41) is 1.95. The summed E-state index contributed by atoms with van der Waals surface area (Å²) < 4.78 is 138. The fraction of sp³-hybridized carbons (Fsp3) is 0. The molecule has 0 aliphatic heterocycles. The average molecular weight is 588 g/mol. The van der Waals surface area contributed by atoms with E-state index in [4.69, 9.17) is 19.5 Å². The fourth-order valence-electron chi connectivity index (χ4n) is 6.00. The molecule has 0 aliphatic carbocycles. The maximum Gasteiger partial charge on any atom is 0.136 e. The van der Waals surface area contributed by atoms with Crippen molar-refractivity contribution in [2.45, 2.75) is 0 Å². The molecule has 0 radical (unpaired) electrons. The minimum absolute atomic E-state index is 0.0151. The highest BCUT2D eigenvalue weighted by Crippen LogP contribution is 2.48. The Kier molecular flexibility index (Phi) is 3.39. The molecule has 1 heteroatoms. The molecule has 0 saturated heterocycles. The van der Waals surface area contributed by atoms with E-state index in [0.29, 0.717) is 43.8 Å². The zero-order valence-electron chi connectivity index (χ0n) is 38.4. The highest BCUT2D eigenvalue weighted by molar-refractivity contribution is 6.23. The van der Waals surface area contributed by atoms with Gasteiger partial charge in [-0.15, -0.1) is 0 Å². The van der Waals surface area contributed by atoms with Crippen LogP contribution < -0.4 is 0 Å². The molecule has 0 atom stereocenters. The number of benzene rings is 8. The minimum Gasteiger partial charge on any atom is -0.456 e. The summed E-state index contributed by atoms with van der Waals surface area (Å²) in [6.45, 7) is 0. The van der Waals surface area contributed by atoms with Crippen LogP contribution in [0.2, 0.25) is 0 Å². The molecule has 0 saturated carbocycles. The van der Waals surface area contributed by atoms with Crippen LogP contribution in [0, 0.1) is 0 Å². The van der Waals surface area contributed by atoms with Crippen molar-refractivity contribution in [2.75, 3.05) is 0 Å². The van der Waals surface area contributed by atoms with Crippen LogP contribution in [0.3, 0.4) is 0 Å². The number of fused-ring (bicyclic) bond motifs is 5. The first-order valence-corrected chi connectivity index (χ1v) is 14.2. The Morgan fingerprint density at radius 3 is 1.60 bits per heavy atom. The predicted molar refractivity (Wildman–Crippen MR) is 190 cm³/mol. The molecular weight excluding hydrogens is 544 g/mol. The molecule has 1 nitrogen and oxygen atoms in total. The van der Waals surface area contributed by atoms with Gasteiger partial charge in [-0.05, 0) is 84.2 Å². The molecule has 8 aromatic carbocycles. The smallest absolute Gasteiger partial charge is 0.136 e. The number of rotatable bonds is 4. The van der Waals surface area contributed by atoms with Crippen LogP contribution in [0.5, 0.6) is 0 Å². The molecule has 1 aromatic heterocycles. The van der Waals surface area contributed by atoms with Gasteiger partial charge in [-0.25, -0.2) is 0 Å². The van der Waals surface area contributed by atoms with Gasteiger partial charge in [-0.2, -0.15) is 0 Å². The van der Waals surface area contributed by atoms with Gasteiger partial charge in [-0.3, -0.25) is 0 Å². The summed E-state index contributed by atoms with van der Waals surface area (Å²) in [5.41, 5.74) is 0.567. The number of hydrogen-bond donors (Lipinski definition) is 0. The first-order valence-electron chi connectivity index (χ1n) is 21.7. The fourth-order valence-corrected chi connectivity index (χ4v) is 6.00. The quantitative estimate of drug-likeness (QED) is 0.187. The van der Waals surface area contributed by atoms with E-state index in [1.807, 2.05) is 0 Å². The number of hydrogen-bond acceptors (Lipinski definition) is 1. The molecule has 0 bridgehead atoms. The molecule has 9 aromatic rings. The maximum atomic E-state index is 9.85. The Hall–Kier alpha value is -5.92. The Morgan fingerprint density at radius 1 is 0.356 bits per heavy atom. The van der Waals surface area contributed by atoms with E-state index in [0.717, 1.165) is 0 Å². The van der Waals surface area contributed by atoms with E-state index in [-0.39, 0.29) is 45.2 Å². The summed E-state index contributed by atoms with van der Waals surface area (Å²) in [6.07, 6.45) is 0. The highest BCUT2D eigenvalue weighted by atomic mass is 16.3. The summed E-state index contributed by atoms with van der Waals surface area (Å²) in [5.74, 6) is 0. The van der Waals surface area contributed by atoms with Gasteiger partial charge in [0.05, 0.1) is 20.6 Å². The molecule has 210 valence electrons. The third kappa shape index (κ3) is 4.17. The van der Waals surface area contributed by atoms with Gasteiger partial charge in [0, 0.05) is 10.8 Å². The lowest BCUT2D eigenvalue weighted by Crippen LogP contribution is -1.93. The van der Waals surface area contributed by atoms with Crippen LogP contribution in [-0.4, -0.2) is 0 Å². The Labute approximate surface area is 282 Å². The molecule has 0 aliphatic rings. The zero-order chi connectivity index (χ0) is 42.8. The third-order valence-electron chi connectivity index (χ3n) is 7.94. The van der Waals surface area contributed by atoms with Gasteiger partial charge in [0.25, 0.3) is 0 Å². The van der Waals surface area contributed by atoms with Gasteiger partial charge in [0.1, 0.15) is 11.2 Å². The maximum absolute atomic E-state index is 9.85. The van der Waals surface area contributed by atoms with E-state index in [2.05, 4.69) is 0 Å². The standard InChI is InChI=1S/C44H28O/c1-3-13-29(14-4-1)30-23-25-32(26-24-30)43-34-18-7-9-20-36(34)44(37-21-10-8-19-35(37)43)40-28-42-39(33-17-11-12-22-41(33)45-42)27-38(40)31-15-5-2-6-16-31/h1-28H/i1D,3D,4D,11D,12D,13D,14D,17D,22D,23D,24D,25D,26D,27D,28D. The lowest BCUT2D eigenvalue weighted by molar-refractivity contribution is 0.669. The van der Waals surface area contributed by atoms with Crippen molar-refractivity contribution in [3.63, 3.8) is 0 Å². The molecular formula is C44H28O. The van der Waals surface area contributed by atoms with Crippen LogP contribution in [0.15, 0.2) is 174 Å². The molecule has 0 unspecified atom stereocenters. The van der Waals surface area contributed by atoms with Crippen molar-refractivity contribution < 1.29 is 25.0 Å². The van der Waals surface area contributed by atoms with Crippen molar-refractivity contribution in [1.82, 2.24) is 0 Å². The monoisotopic (exact) mass is 587 g/mol. The highest BCUT2D eigenvalue weighted by Gasteiger charge is 2.21. The van der Waals surface area contributed by atoms with Crippen LogP contribution in [0.25, 0.3) is 88.0 Å². The summed E-state index contributed by atoms with van der Waals surface area (Å²) in [7, 11) is 0. The third-order valence-corrected chi connectivity index (χ3v) is 7.94. The van der Waals surface area contributed by atoms with Crippen LogP contribution >= 0.6 is 0 Å². The normalized spacial score (nSPS) is 16.2. The van der Waals surface area contributed by atoms with E-state index < -0.39 is 89.7 Å². The van der Waals surface area contributed by atoms with Crippen LogP contribution in [0.1, 0.15) is 20.6 Å². The van der Waals surface area contributed by atoms with Crippen molar-refractivity contribution in [3.05, 3.63) is 169 Å². The Balaban J connectivity index is 1.45.